The molecule has 0 heterocycles. The summed E-state index contributed by atoms with van der Waals surface area (Å²) in [5, 5.41) is 6.36. The number of hydrogen-bond donors (Lipinski definition) is 2. The van der Waals surface area contributed by atoms with E-state index in [1.165, 1.54) is 57.8 Å². The Morgan fingerprint density at radius 2 is 1.71 bits per heavy atom. The molecule has 96 valence electrons. The third kappa shape index (κ3) is 2.58. The summed E-state index contributed by atoms with van der Waals surface area (Å²) in [5.41, 5.74) is 0. The number of hydrogen-bond acceptors (Lipinski definition) is 1. The van der Waals surface area contributed by atoms with E-state index in [2.05, 4.69) is 10.6 Å². The summed E-state index contributed by atoms with van der Waals surface area (Å²) in [6, 6.07) is 0.995. The summed E-state index contributed by atoms with van der Waals surface area (Å²) in [7, 11) is 0. The Hall–Kier alpha value is -0.730. The molecule has 3 aliphatic carbocycles. The summed E-state index contributed by atoms with van der Waals surface area (Å²) in [5.74, 6) is 1.68. The maximum Gasteiger partial charge on any atom is 0.315 e. The molecule has 0 spiro atoms. The minimum absolute atomic E-state index is 0.0921. The maximum absolute atomic E-state index is 11.9. The van der Waals surface area contributed by atoms with Crippen molar-refractivity contribution in [2.75, 3.05) is 0 Å². The SMILES string of the molecule is O=C(NC1CCCCC1)N[C@H]1C[C@@H]2CC[C@@H]1C2. The number of carbonyl (C=O) groups is 1. The van der Waals surface area contributed by atoms with E-state index >= 15 is 0 Å². The van der Waals surface area contributed by atoms with E-state index in [9.17, 15) is 4.79 Å². The van der Waals surface area contributed by atoms with Gasteiger partial charge in [0.15, 0.2) is 0 Å². The molecule has 0 unspecified atom stereocenters. The van der Waals surface area contributed by atoms with Crippen molar-refractivity contribution in [3.05, 3.63) is 0 Å². The summed E-state index contributed by atoms with van der Waals surface area (Å²) < 4.78 is 0. The van der Waals surface area contributed by atoms with Crippen LogP contribution in [0.25, 0.3) is 0 Å². The topological polar surface area (TPSA) is 41.1 Å². The van der Waals surface area contributed by atoms with E-state index in [0.29, 0.717) is 12.1 Å². The van der Waals surface area contributed by atoms with Crippen molar-refractivity contribution in [1.29, 1.82) is 0 Å². The van der Waals surface area contributed by atoms with Gasteiger partial charge in [0, 0.05) is 12.1 Å². The van der Waals surface area contributed by atoms with Crippen LogP contribution in [0.5, 0.6) is 0 Å². The number of fused-ring (bicyclic) bond motifs is 2. The zero-order valence-electron chi connectivity index (χ0n) is 10.6. The summed E-state index contributed by atoms with van der Waals surface area (Å²) in [6.45, 7) is 0. The lowest BCUT2D eigenvalue weighted by Crippen LogP contribution is -2.48. The molecule has 0 saturated heterocycles. The van der Waals surface area contributed by atoms with Gasteiger partial charge < -0.3 is 10.6 Å². The highest BCUT2D eigenvalue weighted by Crippen LogP contribution is 2.44. The number of rotatable bonds is 2. The highest BCUT2D eigenvalue weighted by atomic mass is 16.2. The van der Waals surface area contributed by atoms with Crippen LogP contribution in [0.15, 0.2) is 0 Å². The van der Waals surface area contributed by atoms with Gasteiger partial charge in [-0.25, -0.2) is 4.79 Å². The van der Waals surface area contributed by atoms with Crippen LogP contribution in [0.3, 0.4) is 0 Å². The lowest BCUT2D eigenvalue weighted by atomic mass is 9.95. The first-order valence-corrected chi connectivity index (χ1v) is 7.38. The first-order chi connectivity index (χ1) is 8.31. The van der Waals surface area contributed by atoms with Crippen LogP contribution in [0.1, 0.15) is 57.8 Å². The fourth-order valence-electron chi connectivity index (χ4n) is 4.06. The minimum atomic E-state index is 0.0921. The average Bonchev–Trinajstić information content (AvgIpc) is 2.92. The summed E-state index contributed by atoms with van der Waals surface area (Å²) in [6.07, 6.45) is 11.5. The highest BCUT2D eigenvalue weighted by molar-refractivity contribution is 5.74. The van der Waals surface area contributed by atoms with Crippen LogP contribution in [0, 0.1) is 11.8 Å². The van der Waals surface area contributed by atoms with Gasteiger partial charge in [0.05, 0.1) is 0 Å². The molecule has 0 aromatic heterocycles. The standard InChI is InChI=1S/C14H24N2O/c17-14(15-12-4-2-1-3-5-12)16-13-9-10-6-7-11(13)8-10/h10-13H,1-9H2,(H2,15,16,17)/t10-,11-,13+/m1/s1. The molecular formula is C14H24N2O. The number of amides is 2. The molecule has 0 radical (unpaired) electrons. The zero-order chi connectivity index (χ0) is 11.7. The molecule has 3 rings (SSSR count). The molecule has 0 aromatic rings. The van der Waals surface area contributed by atoms with Gasteiger partial charge in [-0.2, -0.15) is 0 Å². The molecule has 2 bridgehead atoms. The van der Waals surface area contributed by atoms with E-state index in [1.54, 1.807) is 0 Å². The normalized spacial score (nSPS) is 37.1. The van der Waals surface area contributed by atoms with Gasteiger partial charge in [-0.15, -0.1) is 0 Å². The molecule has 3 atom stereocenters. The fourth-order valence-corrected chi connectivity index (χ4v) is 4.06. The number of carbonyl (C=O) groups excluding carboxylic acids is 1. The lowest BCUT2D eigenvalue weighted by Gasteiger charge is -2.26. The molecule has 3 nitrogen and oxygen atoms in total. The van der Waals surface area contributed by atoms with E-state index in [0.717, 1.165) is 11.8 Å². The molecule has 3 fully saturated rings. The van der Waals surface area contributed by atoms with Crippen molar-refractivity contribution >= 4 is 6.03 Å². The predicted molar refractivity (Wildman–Crippen MR) is 67.8 cm³/mol. The Kier molecular flexibility index (Phi) is 3.26. The number of urea groups is 1. The van der Waals surface area contributed by atoms with Crippen molar-refractivity contribution in [2.45, 2.75) is 69.9 Å². The predicted octanol–water partition coefficient (Wildman–Crippen LogP) is 2.81. The van der Waals surface area contributed by atoms with Gasteiger partial charge >= 0.3 is 6.03 Å². The Bertz CT molecular complexity index is 286. The first-order valence-electron chi connectivity index (χ1n) is 7.38. The van der Waals surface area contributed by atoms with Crippen LogP contribution in [-0.2, 0) is 0 Å². The van der Waals surface area contributed by atoms with Crippen molar-refractivity contribution in [1.82, 2.24) is 10.6 Å². The molecule has 0 aliphatic heterocycles. The van der Waals surface area contributed by atoms with E-state index in [1.807, 2.05) is 0 Å². The molecule has 2 amide bonds. The fraction of sp³-hybridized carbons (Fsp3) is 0.929. The average molecular weight is 236 g/mol. The van der Waals surface area contributed by atoms with Crippen molar-refractivity contribution in [3.8, 4) is 0 Å². The van der Waals surface area contributed by atoms with Gasteiger partial charge in [0.25, 0.3) is 0 Å². The summed E-state index contributed by atoms with van der Waals surface area (Å²) >= 11 is 0. The van der Waals surface area contributed by atoms with Crippen LogP contribution in [-0.4, -0.2) is 18.1 Å². The highest BCUT2D eigenvalue weighted by Gasteiger charge is 2.40. The van der Waals surface area contributed by atoms with Gasteiger partial charge in [0.1, 0.15) is 0 Å². The summed E-state index contributed by atoms with van der Waals surface area (Å²) in [4.78, 5) is 11.9. The van der Waals surface area contributed by atoms with Gasteiger partial charge in [0.2, 0.25) is 0 Å². The zero-order valence-corrected chi connectivity index (χ0v) is 10.6. The monoisotopic (exact) mass is 236 g/mol. The van der Waals surface area contributed by atoms with E-state index < -0.39 is 0 Å². The Balaban J connectivity index is 1.44. The van der Waals surface area contributed by atoms with Crippen molar-refractivity contribution in [3.63, 3.8) is 0 Å². The van der Waals surface area contributed by atoms with Crippen LogP contribution >= 0.6 is 0 Å². The van der Waals surface area contributed by atoms with Gasteiger partial charge in [-0.05, 0) is 43.9 Å². The maximum atomic E-state index is 11.9. The largest absolute Gasteiger partial charge is 0.335 e. The lowest BCUT2D eigenvalue weighted by molar-refractivity contribution is 0.223. The van der Waals surface area contributed by atoms with Crippen molar-refractivity contribution in [2.24, 2.45) is 11.8 Å². The minimum Gasteiger partial charge on any atom is -0.335 e. The second-order valence-corrected chi connectivity index (χ2v) is 6.23. The van der Waals surface area contributed by atoms with Crippen LogP contribution in [0.4, 0.5) is 4.79 Å². The Morgan fingerprint density at radius 3 is 2.35 bits per heavy atom. The molecule has 2 N–H and O–H groups in total. The smallest absolute Gasteiger partial charge is 0.315 e. The molecule has 0 aromatic carbocycles. The Morgan fingerprint density at radius 1 is 0.882 bits per heavy atom. The van der Waals surface area contributed by atoms with Crippen LogP contribution < -0.4 is 10.6 Å². The van der Waals surface area contributed by atoms with Gasteiger partial charge in [-0.1, -0.05) is 25.7 Å². The third-order valence-corrected chi connectivity index (χ3v) is 4.99. The van der Waals surface area contributed by atoms with Crippen molar-refractivity contribution < 1.29 is 4.79 Å². The molecule has 3 aliphatic rings. The number of nitrogens with one attached hydrogen (secondary N) is 2. The quantitative estimate of drug-likeness (QED) is 0.760. The van der Waals surface area contributed by atoms with Crippen LogP contribution in [0.2, 0.25) is 0 Å². The van der Waals surface area contributed by atoms with E-state index in [-0.39, 0.29) is 6.03 Å². The second-order valence-electron chi connectivity index (χ2n) is 6.23. The first kappa shape index (κ1) is 11.4. The molecule has 3 heteroatoms. The van der Waals surface area contributed by atoms with Gasteiger partial charge in [-0.3, -0.25) is 0 Å². The third-order valence-electron chi connectivity index (χ3n) is 4.99. The Labute approximate surface area is 104 Å². The molecular weight excluding hydrogens is 212 g/mol. The van der Waals surface area contributed by atoms with E-state index in [4.69, 9.17) is 0 Å². The molecule has 17 heavy (non-hydrogen) atoms. The molecule has 3 saturated carbocycles. The second kappa shape index (κ2) is 4.87.